The summed E-state index contributed by atoms with van der Waals surface area (Å²) in [5, 5.41) is 18.1. The van der Waals surface area contributed by atoms with Crippen LogP contribution in [-0.2, 0) is 0 Å². The summed E-state index contributed by atoms with van der Waals surface area (Å²) in [6.45, 7) is 0.979. The number of pyridine rings is 1. The minimum Gasteiger partial charge on any atom is -0.478 e. The summed E-state index contributed by atoms with van der Waals surface area (Å²) in [4.78, 5) is 16.9. The molecule has 17 heavy (non-hydrogen) atoms. The average Bonchev–Trinajstić information content (AvgIpc) is 2.39. The highest BCUT2D eigenvalue weighted by Gasteiger charge is 2.22. The lowest BCUT2D eigenvalue weighted by Crippen LogP contribution is -2.42. The first-order valence-electron chi connectivity index (χ1n) is 5.79. The van der Waals surface area contributed by atoms with E-state index in [0.29, 0.717) is 0 Å². The summed E-state index contributed by atoms with van der Waals surface area (Å²) in [5.74, 6) is -0.227. The second-order valence-corrected chi connectivity index (χ2v) is 4.24. The van der Waals surface area contributed by atoms with Crippen molar-refractivity contribution in [2.45, 2.75) is 25.3 Å². The lowest BCUT2D eigenvalue weighted by molar-refractivity contribution is 0.0696. The smallest absolute Gasteiger partial charge is 0.337 e. The van der Waals surface area contributed by atoms with Gasteiger partial charge in [0.05, 0.1) is 18.2 Å². The number of carbonyl (C=O) groups is 1. The van der Waals surface area contributed by atoms with Gasteiger partial charge in [0, 0.05) is 12.7 Å². The molecule has 2 heterocycles. The van der Waals surface area contributed by atoms with Crippen LogP contribution in [0.15, 0.2) is 18.3 Å². The molecule has 0 saturated carbocycles. The lowest BCUT2D eigenvalue weighted by atomic mass is 10.0. The van der Waals surface area contributed by atoms with E-state index in [1.165, 1.54) is 6.20 Å². The molecule has 1 aromatic heterocycles. The van der Waals surface area contributed by atoms with E-state index in [1.54, 1.807) is 12.1 Å². The summed E-state index contributed by atoms with van der Waals surface area (Å²) in [6, 6.07) is 3.36. The van der Waals surface area contributed by atoms with E-state index in [9.17, 15) is 9.90 Å². The van der Waals surface area contributed by atoms with Crippen molar-refractivity contribution in [3.05, 3.63) is 23.9 Å². The predicted octanol–water partition coefficient (Wildman–Crippen LogP) is 1.13. The van der Waals surface area contributed by atoms with Crippen LogP contribution in [0.25, 0.3) is 0 Å². The van der Waals surface area contributed by atoms with Crippen molar-refractivity contribution in [1.29, 1.82) is 0 Å². The second-order valence-electron chi connectivity index (χ2n) is 4.24. The van der Waals surface area contributed by atoms with Crippen LogP contribution in [-0.4, -0.2) is 40.4 Å². The quantitative estimate of drug-likeness (QED) is 0.823. The van der Waals surface area contributed by atoms with E-state index < -0.39 is 5.97 Å². The Kier molecular flexibility index (Phi) is 3.58. The Hall–Kier alpha value is -1.62. The zero-order valence-electron chi connectivity index (χ0n) is 9.54. The maximum Gasteiger partial charge on any atom is 0.337 e. The predicted molar refractivity (Wildman–Crippen MR) is 63.3 cm³/mol. The highest BCUT2D eigenvalue weighted by Crippen LogP contribution is 2.22. The van der Waals surface area contributed by atoms with Gasteiger partial charge < -0.3 is 15.1 Å². The van der Waals surface area contributed by atoms with Gasteiger partial charge in [0.1, 0.15) is 5.82 Å². The molecule has 0 aliphatic carbocycles. The summed E-state index contributed by atoms with van der Waals surface area (Å²) >= 11 is 0. The van der Waals surface area contributed by atoms with Crippen molar-refractivity contribution in [2.75, 3.05) is 18.1 Å². The first-order valence-corrected chi connectivity index (χ1v) is 5.79. The molecule has 1 fully saturated rings. The van der Waals surface area contributed by atoms with Crippen LogP contribution in [0.4, 0.5) is 5.82 Å². The fourth-order valence-corrected chi connectivity index (χ4v) is 2.17. The van der Waals surface area contributed by atoms with E-state index in [-0.39, 0.29) is 18.2 Å². The molecule has 2 rings (SSSR count). The van der Waals surface area contributed by atoms with Crippen LogP contribution < -0.4 is 4.90 Å². The van der Waals surface area contributed by atoms with Gasteiger partial charge in [-0.1, -0.05) is 0 Å². The molecule has 1 aliphatic rings. The number of hydrogen-bond donors (Lipinski definition) is 2. The van der Waals surface area contributed by atoms with E-state index in [4.69, 9.17) is 5.11 Å². The number of nitrogens with zero attached hydrogens (tertiary/aromatic N) is 2. The highest BCUT2D eigenvalue weighted by atomic mass is 16.4. The summed E-state index contributed by atoms with van der Waals surface area (Å²) < 4.78 is 0. The number of aliphatic hydroxyl groups is 1. The van der Waals surface area contributed by atoms with Crippen LogP contribution >= 0.6 is 0 Å². The Bertz CT molecular complexity index is 391. The number of hydrogen-bond acceptors (Lipinski definition) is 4. The Morgan fingerprint density at radius 2 is 2.29 bits per heavy atom. The zero-order chi connectivity index (χ0) is 12.3. The SMILES string of the molecule is O=C(O)c1ccc(N2CCCC[C@H]2CO)nc1. The zero-order valence-corrected chi connectivity index (χ0v) is 9.54. The van der Waals surface area contributed by atoms with Gasteiger partial charge in [-0.2, -0.15) is 0 Å². The fourth-order valence-electron chi connectivity index (χ4n) is 2.17. The molecule has 0 radical (unpaired) electrons. The number of rotatable bonds is 3. The minimum absolute atomic E-state index is 0.104. The molecule has 1 aromatic rings. The average molecular weight is 236 g/mol. The van der Waals surface area contributed by atoms with Gasteiger partial charge >= 0.3 is 5.97 Å². The summed E-state index contributed by atoms with van der Waals surface area (Å²) in [6.07, 6.45) is 4.52. The van der Waals surface area contributed by atoms with Crippen LogP contribution in [0.1, 0.15) is 29.6 Å². The number of aromatic nitrogens is 1. The molecule has 0 unspecified atom stereocenters. The molecule has 92 valence electrons. The summed E-state index contributed by atoms with van der Waals surface area (Å²) in [5.41, 5.74) is 0.186. The molecule has 0 aromatic carbocycles. The third-order valence-electron chi connectivity index (χ3n) is 3.13. The second kappa shape index (κ2) is 5.14. The molecule has 1 atom stereocenters. The molecule has 1 aliphatic heterocycles. The van der Waals surface area contributed by atoms with Crippen molar-refractivity contribution in [3.8, 4) is 0 Å². The first kappa shape index (κ1) is 11.9. The molecule has 5 heteroatoms. The molecule has 0 bridgehead atoms. The number of anilines is 1. The van der Waals surface area contributed by atoms with Gasteiger partial charge in [-0.15, -0.1) is 0 Å². The largest absolute Gasteiger partial charge is 0.478 e. The van der Waals surface area contributed by atoms with Crippen LogP contribution in [0, 0.1) is 0 Å². The van der Waals surface area contributed by atoms with Gasteiger partial charge in [-0.05, 0) is 31.4 Å². The Morgan fingerprint density at radius 1 is 1.47 bits per heavy atom. The van der Waals surface area contributed by atoms with Gasteiger partial charge in [-0.25, -0.2) is 9.78 Å². The van der Waals surface area contributed by atoms with Crippen LogP contribution in [0.2, 0.25) is 0 Å². The topological polar surface area (TPSA) is 73.7 Å². The maximum absolute atomic E-state index is 10.7. The molecular formula is C12H16N2O3. The fraction of sp³-hybridized carbons (Fsp3) is 0.500. The van der Waals surface area contributed by atoms with Gasteiger partial charge in [-0.3, -0.25) is 0 Å². The maximum atomic E-state index is 10.7. The number of carboxylic acids is 1. The van der Waals surface area contributed by atoms with Gasteiger partial charge in [0.15, 0.2) is 0 Å². The molecule has 0 spiro atoms. The van der Waals surface area contributed by atoms with Crippen LogP contribution in [0.5, 0.6) is 0 Å². The van der Waals surface area contributed by atoms with Crippen molar-refractivity contribution in [3.63, 3.8) is 0 Å². The highest BCUT2D eigenvalue weighted by molar-refractivity contribution is 5.87. The Morgan fingerprint density at radius 3 is 2.88 bits per heavy atom. The van der Waals surface area contributed by atoms with E-state index in [2.05, 4.69) is 9.88 Å². The van der Waals surface area contributed by atoms with Crippen molar-refractivity contribution in [1.82, 2.24) is 4.98 Å². The molecule has 5 nitrogen and oxygen atoms in total. The third kappa shape index (κ3) is 2.55. The third-order valence-corrected chi connectivity index (χ3v) is 3.13. The monoisotopic (exact) mass is 236 g/mol. The Labute approximate surface area is 99.7 Å². The molecule has 0 amide bonds. The number of carboxylic acid groups (broad SMARTS) is 1. The van der Waals surface area contributed by atoms with Crippen molar-refractivity contribution in [2.24, 2.45) is 0 Å². The number of aliphatic hydroxyl groups excluding tert-OH is 1. The van der Waals surface area contributed by atoms with E-state index in [1.807, 2.05) is 0 Å². The minimum atomic E-state index is -0.971. The molecule has 2 N–H and O–H groups in total. The van der Waals surface area contributed by atoms with Gasteiger partial charge in [0.2, 0.25) is 0 Å². The van der Waals surface area contributed by atoms with E-state index in [0.717, 1.165) is 31.6 Å². The van der Waals surface area contributed by atoms with Gasteiger partial charge in [0.25, 0.3) is 0 Å². The summed E-state index contributed by atoms with van der Waals surface area (Å²) in [7, 11) is 0. The van der Waals surface area contributed by atoms with Crippen molar-refractivity contribution >= 4 is 11.8 Å². The molecular weight excluding hydrogens is 220 g/mol. The normalized spacial score (nSPS) is 20.3. The lowest BCUT2D eigenvalue weighted by Gasteiger charge is -2.35. The Balaban J connectivity index is 2.17. The van der Waals surface area contributed by atoms with Crippen molar-refractivity contribution < 1.29 is 15.0 Å². The van der Waals surface area contributed by atoms with Crippen LogP contribution in [0.3, 0.4) is 0 Å². The first-order chi connectivity index (χ1) is 8.22. The standard InChI is InChI=1S/C12H16N2O3/c15-8-10-3-1-2-6-14(10)11-5-4-9(7-13-11)12(16)17/h4-5,7,10,15H,1-3,6,8H2,(H,16,17)/t10-/m0/s1. The van der Waals surface area contributed by atoms with E-state index >= 15 is 0 Å². The number of piperidine rings is 1. The number of aromatic carboxylic acids is 1. The molecule has 1 saturated heterocycles.